The number of carbonyl (C=O) groups excluding carboxylic acids is 1. The number of nitrogens with one attached hydrogen (secondary N) is 1. The number of alkyl halides is 1. The second-order valence-electron chi connectivity index (χ2n) is 4.51. The summed E-state index contributed by atoms with van der Waals surface area (Å²) < 4.78 is 0. The summed E-state index contributed by atoms with van der Waals surface area (Å²) in [6.45, 7) is 4.74. The van der Waals surface area contributed by atoms with E-state index in [0.29, 0.717) is 5.92 Å². The molecule has 0 aromatic heterocycles. The van der Waals surface area contributed by atoms with Crippen LogP contribution in [0.25, 0.3) is 0 Å². The van der Waals surface area contributed by atoms with E-state index in [9.17, 15) is 4.79 Å². The van der Waals surface area contributed by atoms with Crippen LogP contribution in [0, 0.1) is 17.8 Å². The molecule has 0 aliphatic heterocycles. The Balaban J connectivity index is 2.27. The van der Waals surface area contributed by atoms with Gasteiger partial charge in [0.25, 0.3) is 0 Å². The lowest BCUT2D eigenvalue weighted by molar-refractivity contribution is -0.124. The number of rotatable bonds is 4. The molecule has 1 rings (SSSR count). The van der Waals surface area contributed by atoms with E-state index in [1.165, 1.54) is 19.3 Å². The highest BCUT2D eigenvalue weighted by molar-refractivity contribution is 9.09. The topological polar surface area (TPSA) is 29.1 Å². The highest BCUT2D eigenvalue weighted by Crippen LogP contribution is 2.32. The normalized spacial score (nSPS) is 26.9. The fourth-order valence-electron chi connectivity index (χ4n) is 2.02. The Morgan fingerprint density at radius 3 is 2.64 bits per heavy atom. The fraction of sp³-hybridized carbons (Fsp3) is 0.909. The molecule has 1 fully saturated rings. The minimum atomic E-state index is 0.110. The summed E-state index contributed by atoms with van der Waals surface area (Å²) in [5, 5.41) is 4.11. The van der Waals surface area contributed by atoms with Gasteiger partial charge in [0.05, 0.1) is 0 Å². The van der Waals surface area contributed by atoms with E-state index < -0.39 is 0 Å². The van der Waals surface area contributed by atoms with Crippen molar-refractivity contribution in [3.63, 3.8) is 0 Å². The van der Waals surface area contributed by atoms with Gasteiger partial charge in [0, 0.05) is 17.8 Å². The number of amides is 1. The van der Waals surface area contributed by atoms with Crippen molar-refractivity contribution in [1.82, 2.24) is 5.32 Å². The highest BCUT2D eigenvalue weighted by atomic mass is 79.9. The predicted octanol–water partition coefficient (Wildman–Crippen LogP) is 2.57. The first-order valence-corrected chi connectivity index (χ1v) is 6.61. The molecule has 2 nitrogen and oxygen atoms in total. The maximum atomic E-state index is 11.4. The van der Waals surface area contributed by atoms with Crippen LogP contribution in [-0.2, 0) is 4.79 Å². The zero-order valence-corrected chi connectivity index (χ0v) is 10.6. The van der Waals surface area contributed by atoms with Crippen LogP contribution >= 0.6 is 15.9 Å². The third kappa shape index (κ3) is 3.26. The van der Waals surface area contributed by atoms with E-state index in [4.69, 9.17) is 0 Å². The quantitative estimate of drug-likeness (QED) is 0.775. The largest absolute Gasteiger partial charge is 0.356 e. The van der Waals surface area contributed by atoms with Crippen LogP contribution in [0.4, 0.5) is 0 Å². The summed E-state index contributed by atoms with van der Waals surface area (Å²) in [5.74, 6) is 1.75. The molecule has 14 heavy (non-hydrogen) atoms. The summed E-state index contributed by atoms with van der Waals surface area (Å²) in [7, 11) is 0. The van der Waals surface area contributed by atoms with E-state index in [-0.39, 0.29) is 11.8 Å². The second kappa shape index (κ2) is 5.74. The molecular weight excluding hydrogens is 242 g/mol. The van der Waals surface area contributed by atoms with Gasteiger partial charge in [0.1, 0.15) is 0 Å². The molecule has 2 atom stereocenters. The Hall–Kier alpha value is -0.0500. The average Bonchev–Trinajstić information content (AvgIpc) is 2.60. The Morgan fingerprint density at radius 2 is 2.07 bits per heavy atom. The Morgan fingerprint density at radius 1 is 1.43 bits per heavy atom. The van der Waals surface area contributed by atoms with Crippen LogP contribution in [0.1, 0.15) is 33.1 Å². The molecule has 3 heteroatoms. The molecule has 0 saturated heterocycles. The van der Waals surface area contributed by atoms with E-state index in [1.54, 1.807) is 0 Å². The molecule has 1 aliphatic rings. The van der Waals surface area contributed by atoms with Gasteiger partial charge in [-0.25, -0.2) is 0 Å². The Kier molecular flexibility index (Phi) is 4.93. The maximum absolute atomic E-state index is 11.4. The second-order valence-corrected chi connectivity index (χ2v) is 5.15. The monoisotopic (exact) mass is 261 g/mol. The molecule has 0 spiro atoms. The summed E-state index contributed by atoms with van der Waals surface area (Å²) in [6, 6.07) is 0. The number of hydrogen-bond donors (Lipinski definition) is 1. The molecule has 0 aromatic rings. The molecule has 2 unspecified atom stereocenters. The van der Waals surface area contributed by atoms with Crippen molar-refractivity contribution in [2.24, 2.45) is 17.8 Å². The summed E-state index contributed by atoms with van der Waals surface area (Å²) in [5.41, 5.74) is 0. The van der Waals surface area contributed by atoms with Crippen molar-refractivity contribution in [3.8, 4) is 0 Å². The predicted molar refractivity (Wildman–Crippen MR) is 62.5 cm³/mol. The molecule has 0 aromatic carbocycles. The lowest BCUT2D eigenvalue weighted by Gasteiger charge is -2.18. The average molecular weight is 262 g/mol. The summed E-state index contributed by atoms with van der Waals surface area (Å²) in [6.07, 6.45) is 3.90. The first-order chi connectivity index (χ1) is 6.65. The van der Waals surface area contributed by atoms with E-state index in [0.717, 1.165) is 17.8 Å². The molecule has 1 saturated carbocycles. The van der Waals surface area contributed by atoms with E-state index in [1.807, 2.05) is 13.8 Å². The molecule has 82 valence electrons. The standard InChI is InChI=1S/C11H20BrNO/c1-8(2)11(14)13-7-10-5-3-4-9(10)6-12/h8-10H,3-7H2,1-2H3,(H,13,14). The first-order valence-electron chi connectivity index (χ1n) is 5.48. The molecule has 0 heterocycles. The first kappa shape index (κ1) is 12.0. The van der Waals surface area contributed by atoms with Gasteiger partial charge in [-0.1, -0.05) is 36.2 Å². The van der Waals surface area contributed by atoms with Crippen LogP contribution in [-0.4, -0.2) is 17.8 Å². The van der Waals surface area contributed by atoms with Gasteiger partial charge < -0.3 is 5.32 Å². The van der Waals surface area contributed by atoms with Gasteiger partial charge in [0.15, 0.2) is 0 Å². The minimum Gasteiger partial charge on any atom is -0.356 e. The third-order valence-corrected chi connectivity index (χ3v) is 3.91. The van der Waals surface area contributed by atoms with Crippen molar-refractivity contribution in [3.05, 3.63) is 0 Å². The molecule has 1 N–H and O–H groups in total. The zero-order valence-electron chi connectivity index (χ0n) is 9.05. The summed E-state index contributed by atoms with van der Waals surface area (Å²) >= 11 is 3.54. The van der Waals surface area contributed by atoms with Gasteiger partial charge in [-0.05, 0) is 24.7 Å². The lowest BCUT2D eigenvalue weighted by atomic mass is 9.98. The van der Waals surface area contributed by atoms with Gasteiger partial charge in [-0.15, -0.1) is 0 Å². The minimum absolute atomic E-state index is 0.110. The van der Waals surface area contributed by atoms with Gasteiger partial charge in [0.2, 0.25) is 5.91 Å². The van der Waals surface area contributed by atoms with Crippen LogP contribution < -0.4 is 5.32 Å². The van der Waals surface area contributed by atoms with Crippen molar-refractivity contribution in [2.45, 2.75) is 33.1 Å². The molecule has 1 aliphatic carbocycles. The van der Waals surface area contributed by atoms with Crippen LogP contribution in [0.2, 0.25) is 0 Å². The number of halogens is 1. The fourth-order valence-corrected chi connectivity index (χ4v) is 2.87. The number of hydrogen-bond acceptors (Lipinski definition) is 1. The summed E-state index contributed by atoms with van der Waals surface area (Å²) in [4.78, 5) is 11.4. The van der Waals surface area contributed by atoms with Crippen LogP contribution in [0.3, 0.4) is 0 Å². The van der Waals surface area contributed by atoms with Gasteiger partial charge in [-0.3, -0.25) is 4.79 Å². The SMILES string of the molecule is CC(C)C(=O)NCC1CCCC1CBr. The van der Waals surface area contributed by atoms with Crippen molar-refractivity contribution in [1.29, 1.82) is 0 Å². The molecule has 1 amide bonds. The van der Waals surface area contributed by atoms with E-state index in [2.05, 4.69) is 21.2 Å². The van der Waals surface area contributed by atoms with Gasteiger partial charge >= 0.3 is 0 Å². The Labute approximate surface area is 95.0 Å². The van der Waals surface area contributed by atoms with Gasteiger partial charge in [-0.2, -0.15) is 0 Å². The van der Waals surface area contributed by atoms with Crippen molar-refractivity contribution < 1.29 is 4.79 Å². The number of carbonyl (C=O) groups is 1. The highest BCUT2D eigenvalue weighted by Gasteiger charge is 2.26. The maximum Gasteiger partial charge on any atom is 0.222 e. The molecular formula is C11H20BrNO. The van der Waals surface area contributed by atoms with Crippen molar-refractivity contribution >= 4 is 21.8 Å². The molecule has 0 bridgehead atoms. The Bertz CT molecular complexity index is 194. The third-order valence-electron chi connectivity index (χ3n) is 3.08. The lowest BCUT2D eigenvalue weighted by Crippen LogP contribution is -2.33. The zero-order chi connectivity index (χ0) is 10.6. The smallest absolute Gasteiger partial charge is 0.222 e. The van der Waals surface area contributed by atoms with Crippen molar-refractivity contribution in [2.75, 3.05) is 11.9 Å². The molecule has 0 radical (unpaired) electrons. The van der Waals surface area contributed by atoms with Crippen LogP contribution in [0.5, 0.6) is 0 Å². The van der Waals surface area contributed by atoms with Crippen LogP contribution in [0.15, 0.2) is 0 Å². The van der Waals surface area contributed by atoms with E-state index >= 15 is 0 Å².